The molecule has 0 bridgehead atoms. The summed E-state index contributed by atoms with van der Waals surface area (Å²) in [6.07, 6.45) is -1.83. The van der Waals surface area contributed by atoms with Gasteiger partial charge in [0.1, 0.15) is 11.4 Å². The summed E-state index contributed by atoms with van der Waals surface area (Å²) in [5, 5.41) is 5.52. The van der Waals surface area contributed by atoms with Gasteiger partial charge in [-0.25, -0.2) is 14.5 Å². The number of nitrogens with zero attached hydrogens (tertiary/aromatic N) is 4. The van der Waals surface area contributed by atoms with E-state index in [1.165, 1.54) is 24.3 Å². The van der Waals surface area contributed by atoms with Gasteiger partial charge < -0.3 is 14.4 Å². The lowest BCUT2D eigenvalue weighted by Gasteiger charge is -2.39. The fourth-order valence-corrected chi connectivity index (χ4v) is 3.65. The number of fused-ring (bicyclic) bond motifs is 1. The number of halogens is 3. The Morgan fingerprint density at radius 2 is 1.82 bits per heavy atom. The molecule has 0 atom stereocenters. The summed E-state index contributed by atoms with van der Waals surface area (Å²) in [6, 6.07) is 7.22. The molecule has 0 saturated carbocycles. The molecule has 10 heteroatoms. The predicted molar refractivity (Wildman–Crippen MR) is 116 cm³/mol. The summed E-state index contributed by atoms with van der Waals surface area (Å²) >= 11 is 0. The molecule has 1 fully saturated rings. The van der Waals surface area contributed by atoms with E-state index < -0.39 is 12.0 Å². The van der Waals surface area contributed by atoms with Gasteiger partial charge in [-0.3, -0.25) is 0 Å². The van der Waals surface area contributed by atoms with Crippen molar-refractivity contribution in [2.24, 2.45) is 0 Å². The van der Waals surface area contributed by atoms with E-state index in [4.69, 9.17) is 9.84 Å². The maximum atomic E-state index is 12.5. The van der Waals surface area contributed by atoms with Crippen LogP contribution >= 0.6 is 0 Å². The highest BCUT2D eigenvalue weighted by Crippen LogP contribution is 2.35. The molecule has 1 saturated heterocycles. The molecular weight excluding hydrogens is 437 g/mol. The first-order valence-corrected chi connectivity index (χ1v) is 10.3. The van der Waals surface area contributed by atoms with Crippen LogP contribution in [0.5, 0.6) is 5.75 Å². The third-order valence-corrected chi connectivity index (χ3v) is 5.08. The molecule has 0 spiro atoms. The molecule has 1 aromatic carbocycles. The Morgan fingerprint density at radius 3 is 2.39 bits per heavy atom. The second-order valence-electron chi connectivity index (χ2n) is 8.72. The molecule has 0 radical (unpaired) electrons. The molecule has 1 aliphatic heterocycles. The highest BCUT2D eigenvalue weighted by molar-refractivity contribution is 5.89. The van der Waals surface area contributed by atoms with E-state index in [1.54, 1.807) is 21.9 Å². The van der Waals surface area contributed by atoms with E-state index in [1.807, 2.05) is 26.8 Å². The Balaban J connectivity index is 1.66. The first-order chi connectivity index (χ1) is 15.4. The van der Waals surface area contributed by atoms with Crippen LogP contribution in [0, 0.1) is 0 Å². The van der Waals surface area contributed by atoms with Gasteiger partial charge in [-0.2, -0.15) is 5.10 Å². The normalized spacial score (nSPS) is 14.8. The highest BCUT2D eigenvalue weighted by Gasteiger charge is 2.38. The minimum absolute atomic E-state index is 0.0444. The van der Waals surface area contributed by atoms with Crippen LogP contribution in [0.1, 0.15) is 37.9 Å². The monoisotopic (exact) mass is 460 g/mol. The molecule has 1 aliphatic rings. The van der Waals surface area contributed by atoms with E-state index in [0.717, 1.165) is 16.6 Å². The van der Waals surface area contributed by atoms with Crippen LogP contribution < -0.4 is 4.74 Å². The zero-order valence-electron chi connectivity index (χ0n) is 18.4. The van der Waals surface area contributed by atoms with Gasteiger partial charge in [-0.1, -0.05) is 12.7 Å². The molecule has 0 aliphatic carbocycles. The number of hydrogen-bond acceptors (Lipinski definition) is 5. The Kier molecular flexibility index (Phi) is 5.55. The van der Waals surface area contributed by atoms with Crippen molar-refractivity contribution in [3.05, 3.63) is 54.4 Å². The second-order valence-corrected chi connectivity index (χ2v) is 8.72. The minimum atomic E-state index is -4.77. The number of likely N-dealkylation sites (tertiary alicyclic amines) is 1. The quantitative estimate of drug-likeness (QED) is 0.529. The summed E-state index contributed by atoms with van der Waals surface area (Å²) in [4.78, 5) is 18.4. The fourth-order valence-electron chi connectivity index (χ4n) is 3.65. The number of amides is 1. The van der Waals surface area contributed by atoms with Crippen molar-refractivity contribution in [1.82, 2.24) is 19.7 Å². The summed E-state index contributed by atoms with van der Waals surface area (Å²) < 4.78 is 48.4. The van der Waals surface area contributed by atoms with Crippen LogP contribution in [0.2, 0.25) is 0 Å². The van der Waals surface area contributed by atoms with Crippen molar-refractivity contribution < 1.29 is 27.4 Å². The molecule has 1 amide bonds. The first kappa shape index (κ1) is 22.6. The zero-order chi connectivity index (χ0) is 24.0. The van der Waals surface area contributed by atoms with Crippen LogP contribution in [-0.2, 0) is 4.74 Å². The van der Waals surface area contributed by atoms with Gasteiger partial charge in [0, 0.05) is 25.2 Å². The summed E-state index contributed by atoms with van der Waals surface area (Å²) in [5.41, 5.74) is 2.05. The van der Waals surface area contributed by atoms with E-state index in [2.05, 4.69) is 16.3 Å². The predicted octanol–water partition coefficient (Wildman–Crippen LogP) is 5.30. The SMILES string of the molecule is C=Cc1ccnc2c1c(C1CN(C(=O)OC(C)(C)C)C1)nn2-c1ccc(OC(F)(F)F)cc1. The third kappa shape index (κ3) is 4.79. The number of carbonyl (C=O) groups is 1. The Morgan fingerprint density at radius 1 is 1.15 bits per heavy atom. The van der Waals surface area contributed by atoms with Gasteiger partial charge >= 0.3 is 12.5 Å². The second kappa shape index (κ2) is 8.09. The third-order valence-electron chi connectivity index (χ3n) is 5.08. The van der Waals surface area contributed by atoms with E-state index in [9.17, 15) is 18.0 Å². The Hall–Kier alpha value is -3.56. The first-order valence-electron chi connectivity index (χ1n) is 10.3. The fraction of sp³-hybridized carbons (Fsp3) is 0.348. The van der Waals surface area contributed by atoms with Gasteiger partial charge in [0.15, 0.2) is 5.65 Å². The average molecular weight is 460 g/mol. The largest absolute Gasteiger partial charge is 0.573 e. The van der Waals surface area contributed by atoms with Gasteiger partial charge in [-0.15, -0.1) is 13.2 Å². The van der Waals surface area contributed by atoms with Crippen molar-refractivity contribution >= 4 is 23.2 Å². The van der Waals surface area contributed by atoms with Crippen molar-refractivity contribution in [2.45, 2.75) is 38.7 Å². The topological polar surface area (TPSA) is 69.5 Å². The molecule has 7 nitrogen and oxygen atoms in total. The van der Waals surface area contributed by atoms with Crippen LogP contribution in [0.25, 0.3) is 22.8 Å². The van der Waals surface area contributed by atoms with Gasteiger partial charge in [0.05, 0.1) is 16.8 Å². The molecule has 4 rings (SSSR count). The van der Waals surface area contributed by atoms with Gasteiger partial charge in [-0.05, 0) is 56.7 Å². The van der Waals surface area contributed by atoms with Gasteiger partial charge in [0.2, 0.25) is 0 Å². The van der Waals surface area contributed by atoms with E-state index >= 15 is 0 Å². The lowest BCUT2D eigenvalue weighted by Crippen LogP contribution is -2.50. The smallest absolute Gasteiger partial charge is 0.444 e. The molecule has 0 unspecified atom stereocenters. The summed E-state index contributed by atoms with van der Waals surface area (Å²) in [5.74, 6) is -0.369. The zero-order valence-corrected chi connectivity index (χ0v) is 18.4. The minimum Gasteiger partial charge on any atom is -0.444 e. The van der Waals surface area contributed by atoms with Crippen molar-refractivity contribution in [3.8, 4) is 11.4 Å². The van der Waals surface area contributed by atoms with E-state index in [-0.39, 0.29) is 17.8 Å². The number of alkyl halides is 3. The lowest BCUT2D eigenvalue weighted by molar-refractivity contribution is -0.274. The Bertz CT molecular complexity index is 1190. The molecular formula is C23H23F3N4O3. The maximum Gasteiger partial charge on any atom is 0.573 e. The van der Waals surface area contributed by atoms with Crippen LogP contribution in [0.15, 0.2) is 43.1 Å². The molecule has 2 aromatic heterocycles. The van der Waals surface area contributed by atoms with Crippen molar-refractivity contribution in [3.63, 3.8) is 0 Å². The molecule has 33 heavy (non-hydrogen) atoms. The van der Waals surface area contributed by atoms with Gasteiger partial charge in [0.25, 0.3) is 0 Å². The number of pyridine rings is 1. The van der Waals surface area contributed by atoms with Crippen molar-refractivity contribution in [1.29, 1.82) is 0 Å². The van der Waals surface area contributed by atoms with Crippen molar-refractivity contribution in [2.75, 3.05) is 13.1 Å². The number of ether oxygens (including phenoxy) is 2. The maximum absolute atomic E-state index is 12.5. The summed E-state index contributed by atoms with van der Waals surface area (Å²) in [6.45, 7) is 10.2. The molecule has 174 valence electrons. The van der Waals surface area contributed by atoms with E-state index in [0.29, 0.717) is 24.4 Å². The Labute approximate surface area is 188 Å². The molecule has 0 N–H and O–H groups in total. The highest BCUT2D eigenvalue weighted by atomic mass is 19.4. The number of aromatic nitrogens is 3. The number of benzene rings is 1. The lowest BCUT2D eigenvalue weighted by atomic mass is 9.93. The summed E-state index contributed by atoms with van der Waals surface area (Å²) in [7, 11) is 0. The van der Waals surface area contributed by atoms with Crippen LogP contribution in [0.3, 0.4) is 0 Å². The standard InChI is InChI=1S/C23H23F3N4O3/c1-5-14-10-11-27-20-18(14)19(15-12-29(13-15)21(31)33-22(2,3)4)28-30(20)16-6-8-17(9-7-16)32-23(24,25)26/h5-11,15H,1,12-13H2,2-4H3. The number of carbonyl (C=O) groups excluding carboxylic acids is 1. The molecule has 3 aromatic rings. The van der Waals surface area contributed by atoms with Crippen LogP contribution in [-0.4, -0.2) is 50.8 Å². The molecule has 3 heterocycles. The number of hydrogen-bond donors (Lipinski definition) is 0. The average Bonchev–Trinajstić information content (AvgIpc) is 3.04. The number of rotatable bonds is 4. The van der Waals surface area contributed by atoms with Crippen LogP contribution in [0.4, 0.5) is 18.0 Å².